The van der Waals surface area contributed by atoms with Crippen LogP contribution >= 0.6 is 0 Å². The van der Waals surface area contributed by atoms with Crippen molar-refractivity contribution >= 4 is 3.52 Å². The topological polar surface area (TPSA) is 13.1 Å². The van der Waals surface area contributed by atoms with Crippen molar-refractivity contribution in [2.24, 2.45) is 0 Å². The first kappa shape index (κ1) is 4.31. The van der Waals surface area contributed by atoms with Crippen LogP contribution in [0.15, 0.2) is 22.8 Å². The third-order valence-corrected chi connectivity index (χ3v) is 1.54. The molecule has 0 fully saturated rings. The van der Waals surface area contributed by atoms with Gasteiger partial charge in [-0.25, -0.2) is 0 Å². The molecule has 0 spiro atoms. The molecule has 1 aromatic rings. The second-order valence-electron chi connectivity index (χ2n) is 0.977. The van der Waals surface area contributed by atoms with Crippen molar-refractivity contribution in [3.05, 3.63) is 18.4 Å². The molecule has 0 amide bonds. The molecule has 0 aliphatic rings. The van der Waals surface area contributed by atoms with Gasteiger partial charge in [0, 0.05) is 0 Å². The van der Waals surface area contributed by atoms with Crippen molar-refractivity contribution in [2.45, 2.75) is 0 Å². The molecule has 29 valence electrons. The summed E-state index contributed by atoms with van der Waals surface area (Å²) in [7, 11) is 0. The summed E-state index contributed by atoms with van der Waals surface area (Å²) >= 11 is 1.03. The van der Waals surface area contributed by atoms with Gasteiger partial charge in [-0.3, -0.25) is 0 Å². The van der Waals surface area contributed by atoms with E-state index in [0.29, 0.717) is 0 Å². The van der Waals surface area contributed by atoms with Gasteiger partial charge < -0.3 is 0 Å². The summed E-state index contributed by atoms with van der Waals surface area (Å²) in [6.07, 6.45) is 1.70. The van der Waals surface area contributed by atoms with Crippen molar-refractivity contribution in [3.63, 3.8) is 0 Å². The average molecular weight is 246 g/mol. The van der Waals surface area contributed by atoms with E-state index in [0.717, 1.165) is 27.9 Å². The van der Waals surface area contributed by atoms with E-state index in [1.807, 2.05) is 12.1 Å². The van der Waals surface area contributed by atoms with Crippen molar-refractivity contribution in [1.82, 2.24) is 0 Å². The first-order valence-electron chi connectivity index (χ1n) is 1.65. The zero-order valence-electron chi connectivity index (χ0n) is 3.14. The molecule has 0 aromatic carbocycles. The Morgan fingerprint density at radius 1 is 1.67 bits per heavy atom. The molecule has 0 N–H and O–H groups in total. The molecular weight excluding hydrogens is 243 g/mol. The first-order chi connectivity index (χ1) is 2.89. The van der Waals surface area contributed by atoms with E-state index in [1.54, 1.807) is 6.26 Å². The Bertz CT molecular complexity index is 111. The molecule has 0 unspecified atom stereocenters. The zero-order chi connectivity index (χ0) is 4.41. The maximum atomic E-state index is 4.90. The number of rotatable bonds is 0. The minimum atomic E-state index is 1.03. The molecule has 0 saturated carbocycles. The summed E-state index contributed by atoms with van der Waals surface area (Å²) in [4.78, 5) is 0. The summed E-state index contributed by atoms with van der Waals surface area (Å²) in [5.74, 6) is 0. The first-order valence-corrected chi connectivity index (χ1v) is 3.44. The van der Waals surface area contributed by atoms with Gasteiger partial charge in [-0.15, -0.1) is 0 Å². The van der Waals surface area contributed by atoms with Crippen LogP contribution in [0.5, 0.6) is 0 Å². The second kappa shape index (κ2) is 1.74. The monoisotopic (exact) mass is 247 g/mol. The van der Waals surface area contributed by atoms with Gasteiger partial charge in [0.25, 0.3) is 0 Å². The molecule has 0 atom stereocenters. The fourth-order valence-corrected chi connectivity index (χ4v) is 0.869. The Balaban J connectivity index is 3.05. The number of hydrogen-bond donors (Lipinski definition) is 0. The van der Waals surface area contributed by atoms with Gasteiger partial charge >= 0.3 is 50.7 Å². The predicted molar refractivity (Wildman–Crippen MR) is 18.3 cm³/mol. The quantitative estimate of drug-likeness (QED) is 0.605. The van der Waals surface area contributed by atoms with Crippen molar-refractivity contribution in [1.29, 1.82) is 0 Å². The molecule has 0 radical (unpaired) electrons. The Labute approximate surface area is 50.9 Å². The molecule has 1 heterocycles. The third-order valence-electron chi connectivity index (χ3n) is 0.521. The normalized spacial score (nSPS) is 8.50. The third kappa shape index (κ3) is 0.806. The van der Waals surface area contributed by atoms with E-state index in [9.17, 15) is 0 Å². The van der Waals surface area contributed by atoms with Gasteiger partial charge in [-0.1, -0.05) is 0 Å². The van der Waals surface area contributed by atoms with Crippen LogP contribution < -0.4 is 3.52 Å². The van der Waals surface area contributed by atoms with Gasteiger partial charge in [0.2, 0.25) is 0 Å². The summed E-state index contributed by atoms with van der Waals surface area (Å²) in [6.45, 7) is 0. The van der Waals surface area contributed by atoms with E-state index in [4.69, 9.17) is 4.42 Å². The average Bonchev–Trinajstić information content (AvgIpc) is 1.86. The summed E-state index contributed by atoms with van der Waals surface area (Å²) in [6, 6.07) is 3.88. The molecule has 1 aromatic heterocycles. The molecule has 2 heteroatoms. The van der Waals surface area contributed by atoms with E-state index >= 15 is 0 Å². The van der Waals surface area contributed by atoms with Crippen molar-refractivity contribution < 1.29 is 28.8 Å². The standard InChI is InChI=1S/C4H3O.Hf/c1-2-4-5-3-1;/h1-3H;. The Morgan fingerprint density at radius 3 is 2.67 bits per heavy atom. The molecule has 0 bridgehead atoms. The maximum absolute atomic E-state index is 4.90. The Morgan fingerprint density at radius 2 is 2.50 bits per heavy atom. The molecular formula is C4H3HfO. The van der Waals surface area contributed by atoms with E-state index in [-0.39, 0.29) is 0 Å². The molecule has 6 heavy (non-hydrogen) atoms. The van der Waals surface area contributed by atoms with Gasteiger partial charge in [0.1, 0.15) is 0 Å². The molecule has 0 aliphatic carbocycles. The zero-order valence-corrected chi connectivity index (χ0v) is 6.73. The van der Waals surface area contributed by atoms with Gasteiger partial charge in [-0.05, 0) is 0 Å². The van der Waals surface area contributed by atoms with Crippen LogP contribution in [0.4, 0.5) is 0 Å². The van der Waals surface area contributed by atoms with E-state index in [2.05, 4.69) is 0 Å². The van der Waals surface area contributed by atoms with Crippen LogP contribution in [0.1, 0.15) is 0 Å². The number of furan rings is 1. The van der Waals surface area contributed by atoms with Crippen molar-refractivity contribution in [3.8, 4) is 0 Å². The Kier molecular flexibility index (Phi) is 1.25. The van der Waals surface area contributed by atoms with Crippen LogP contribution in [-0.2, 0) is 24.4 Å². The number of hydrogen-bond acceptors (Lipinski definition) is 1. The van der Waals surface area contributed by atoms with Crippen LogP contribution in [0.2, 0.25) is 0 Å². The fourth-order valence-electron chi connectivity index (χ4n) is 0.279. The van der Waals surface area contributed by atoms with Gasteiger partial charge in [0.15, 0.2) is 0 Å². The second-order valence-corrected chi connectivity index (χ2v) is 2.75. The van der Waals surface area contributed by atoms with Crippen LogP contribution in [-0.4, -0.2) is 0 Å². The molecule has 1 nitrogen and oxygen atoms in total. The minimum absolute atomic E-state index is 1.03. The van der Waals surface area contributed by atoms with Gasteiger partial charge in [0.05, 0.1) is 0 Å². The van der Waals surface area contributed by atoms with Crippen LogP contribution in [0, 0.1) is 0 Å². The SMILES string of the molecule is [Hf][c]1ccco1. The van der Waals surface area contributed by atoms with Crippen LogP contribution in [0.25, 0.3) is 0 Å². The molecule has 0 saturated heterocycles. The fraction of sp³-hybridized carbons (Fsp3) is 0. The van der Waals surface area contributed by atoms with Crippen LogP contribution in [0.3, 0.4) is 0 Å². The van der Waals surface area contributed by atoms with E-state index in [1.165, 1.54) is 0 Å². The predicted octanol–water partition coefficient (Wildman–Crippen LogP) is 0.452. The van der Waals surface area contributed by atoms with E-state index < -0.39 is 0 Å². The molecule has 1 rings (SSSR count). The molecule has 0 aliphatic heterocycles. The Hall–Kier alpha value is 0.150. The van der Waals surface area contributed by atoms with Crippen molar-refractivity contribution in [2.75, 3.05) is 0 Å². The summed E-state index contributed by atoms with van der Waals surface area (Å²) < 4.78 is 6.00. The summed E-state index contributed by atoms with van der Waals surface area (Å²) in [5.41, 5.74) is 0. The summed E-state index contributed by atoms with van der Waals surface area (Å²) in [5, 5.41) is 0. The van der Waals surface area contributed by atoms with Gasteiger partial charge in [-0.2, -0.15) is 0 Å².